The number of nitro groups is 1. The van der Waals surface area contributed by atoms with Crippen LogP contribution in [-0.2, 0) is 6.54 Å². The quantitative estimate of drug-likeness (QED) is 0.282. The van der Waals surface area contributed by atoms with Crippen LogP contribution in [0.25, 0.3) is 5.69 Å². The van der Waals surface area contributed by atoms with Crippen LogP contribution in [0.5, 0.6) is 0 Å². The van der Waals surface area contributed by atoms with Gasteiger partial charge in [-0.25, -0.2) is 9.37 Å². The second kappa shape index (κ2) is 10.1. The van der Waals surface area contributed by atoms with Crippen molar-refractivity contribution in [2.45, 2.75) is 26.4 Å². The van der Waals surface area contributed by atoms with E-state index in [0.717, 1.165) is 5.69 Å². The van der Waals surface area contributed by atoms with Crippen LogP contribution >= 0.6 is 0 Å². The van der Waals surface area contributed by atoms with Gasteiger partial charge in [0, 0.05) is 36.8 Å². The minimum Gasteiger partial charge on any atom is -0.371 e. The van der Waals surface area contributed by atoms with Gasteiger partial charge in [-0.2, -0.15) is 0 Å². The number of halogens is 1. The highest BCUT2D eigenvalue weighted by Crippen LogP contribution is 2.29. The molecule has 9 nitrogen and oxygen atoms in total. The molecule has 0 bridgehead atoms. The molecular formula is C25H23FN6O3. The molecule has 10 heteroatoms. The van der Waals surface area contributed by atoms with E-state index in [9.17, 15) is 19.3 Å². The predicted molar refractivity (Wildman–Crippen MR) is 129 cm³/mol. The standard InChI is InChI=1S/C25H23FN6O3/c1-16(21-5-3-4-10-28-21)30-22-8-7-19(14-24(22)32(34)35)25(33)29-15-18-6-9-23(20(26)13-18)31-12-11-27-17(31)2/h3-14,16,30H,15H2,1-2H3,(H,29,33). The summed E-state index contributed by atoms with van der Waals surface area (Å²) < 4.78 is 16.2. The molecule has 0 aliphatic carbocycles. The van der Waals surface area contributed by atoms with Gasteiger partial charge in [0.15, 0.2) is 0 Å². The van der Waals surface area contributed by atoms with Crippen molar-refractivity contribution in [3.63, 3.8) is 0 Å². The van der Waals surface area contributed by atoms with Crippen LogP contribution in [0.3, 0.4) is 0 Å². The fraction of sp³-hybridized carbons (Fsp3) is 0.160. The molecule has 0 aliphatic rings. The molecule has 0 spiro atoms. The van der Waals surface area contributed by atoms with E-state index < -0.39 is 16.6 Å². The van der Waals surface area contributed by atoms with Gasteiger partial charge < -0.3 is 15.2 Å². The SMILES string of the molecule is Cc1nccn1-c1ccc(CNC(=O)c2ccc(NC(C)c3ccccn3)c([N+](=O)[O-])c2)cc1F. The Morgan fingerprint density at radius 1 is 1.14 bits per heavy atom. The first-order chi connectivity index (χ1) is 16.8. The van der Waals surface area contributed by atoms with Crippen LogP contribution < -0.4 is 10.6 Å². The second-order valence-corrected chi connectivity index (χ2v) is 7.92. The molecule has 2 heterocycles. The van der Waals surface area contributed by atoms with Crippen molar-refractivity contribution in [1.82, 2.24) is 19.9 Å². The molecule has 1 amide bonds. The number of hydrogen-bond acceptors (Lipinski definition) is 6. The summed E-state index contributed by atoms with van der Waals surface area (Å²) in [5.41, 5.74) is 1.80. The first kappa shape index (κ1) is 23.6. The van der Waals surface area contributed by atoms with Crippen molar-refractivity contribution in [2.75, 3.05) is 5.32 Å². The first-order valence-corrected chi connectivity index (χ1v) is 10.9. The van der Waals surface area contributed by atoms with Crippen molar-refractivity contribution >= 4 is 17.3 Å². The highest BCUT2D eigenvalue weighted by molar-refractivity contribution is 5.95. The van der Waals surface area contributed by atoms with E-state index in [2.05, 4.69) is 20.6 Å². The van der Waals surface area contributed by atoms with Gasteiger partial charge in [0.05, 0.1) is 22.3 Å². The summed E-state index contributed by atoms with van der Waals surface area (Å²) >= 11 is 0. The molecule has 0 saturated carbocycles. The number of nitro benzene ring substituents is 1. The lowest BCUT2D eigenvalue weighted by molar-refractivity contribution is -0.384. The number of imidazole rings is 1. The van der Waals surface area contributed by atoms with Crippen molar-refractivity contribution in [3.05, 3.63) is 112 Å². The van der Waals surface area contributed by atoms with Gasteiger partial charge in [-0.1, -0.05) is 12.1 Å². The summed E-state index contributed by atoms with van der Waals surface area (Å²) in [6.07, 6.45) is 4.90. The number of rotatable bonds is 8. The number of aryl methyl sites for hydroxylation is 1. The Morgan fingerprint density at radius 2 is 1.97 bits per heavy atom. The smallest absolute Gasteiger partial charge is 0.293 e. The molecule has 0 fully saturated rings. The fourth-order valence-electron chi connectivity index (χ4n) is 3.66. The van der Waals surface area contributed by atoms with Crippen LogP contribution in [0.1, 0.15) is 40.4 Å². The highest BCUT2D eigenvalue weighted by atomic mass is 19.1. The summed E-state index contributed by atoms with van der Waals surface area (Å²) in [7, 11) is 0. The molecular weight excluding hydrogens is 451 g/mol. The number of benzene rings is 2. The van der Waals surface area contributed by atoms with Crippen LogP contribution in [0, 0.1) is 22.9 Å². The van der Waals surface area contributed by atoms with Crippen LogP contribution in [0.4, 0.5) is 15.8 Å². The number of amides is 1. The van der Waals surface area contributed by atoms with Crippen LogP contribution in [0.2, 0.25) is 0 Å². The van der Waals surface area contributed by atoms with E-state index in [1.165, 1.54) is 24.3 Å². The molecule has 4 aromatic rings. The average Bonchev–Trinajstić information content (AvgIpc) is 3.28. The summed E-state index contributed by atoms with van der Waals surface area (Å²) in [4.78, 5) is 32.1. The molecule has 2 aromatic carbocycles. The van der Waals surface area contributed by atoms with E-state index >= 15 is 0 Å². The van der Waals surface area contributed by atoms with E-state index in [0.29, 0.717) is 17.1 Å². The van der Waals surface area contributed by atoms with Gasteiger partial charge in [-0.3, -0.25) is 19.9 Å². The molecule has 0 saturated heterocycles. The Hall–Kier alpha value is -4.60. The average molecular weight is 474 g/mol. The van der Waals surface area contributed by atoms with Crippen molar-refractivity contribution in [1.29, 1.82) is 0 Å². The Labute approximate surface area is 200 Å². The van der Waals surface area contributed by atoms with Gasteiger partial charge in [-0.05, 0) is 55.8 Å². The third-order valence-electron chi connectivity index (χ3n) is 5.51. The lowest BCUT2D eigenvalue weighted by atomic mass is 10.1. The number of pyridine rings is 1. The van der Waals surface area contributed by atoms with E-state index in [4.69, 9.17) is 0 Å². The van der Waals surface area contributed by atoms with E-state index in [1.54, 1.807) is 48.3 Å². The zero-order valence-electron chi connectivity index (χ0n) is 19.1. The molecule has 178 valence electrons. The Balaban J connectivity index is 1.46. The number of nitrogens with zero attached hydrogens (tertiary/aromatic N) is 4. The summed E-state index contributed by atoms with van der Waals surface area (Å²) in [5, 5.41) is 17.4. The maximum absolute atomic E-state index is 14.6. The number of nitrogens with one attached hydrogen (secondary N) is 2. The topological polar surface area (TPSA) is 115 Å². The maximum Gasteiger partial charge on any atom is 0.293 e. The number of hydrogen-bond donors (Lipinski definition) is 2. The minimum atomic E-state index is -0.545. The summed E-state index contributed by atoms with van der Waals surface area (Å²) in [6.45, 7) is 3.67. The Morgan fingerprint density at radius 3 is 2.63 bits per heavy atom. The third kappa shape index (κ3) is 5.32. The van der Waals surface area contributed by atoms with Gasteiger partial charge in [0.25, 0.3) is 11.6 Å². The number of anilines is 1. The van der Waals surface area contributed by atoms with Crippen LogP contribution in [0.15, 0.2) is 73.2 Å². The maximum atomic E-state index is 14.6. The minimum absolute atomic E-state index is 0.0590. The normalized spacial score (nSPS) is 11.6. The predicted octanol–water partition coefficient (Wildman–Crippen LogP) is 4.73. The van der Waals surface area contributed by atoms with Crippen molar-refractivity contribution in [2.24, 2.45) is 0 Å². The zero-order valence-corrected chi connectivity index (χ0v) is 19.1. The van der Waals surface area contributed by atoms with E-state index in [-0.39, 0.29) is 29.5 Å². The van der Waals surface area contributed by atoms with E-state index in [1.807, 2.05) is 19.1 Å². The van der Waals surface area contributed by atoms with Gasteiger partial charge in [0.1, 0.15) is 17.3 Å². The second-order valence-electron chi connectivity index (χ2n) is 7.92. The summed E-state index contributed by atoms with van der Waals surface area (Å²) in [6, 6.07) is 14.0. The molecule has 4 rings (SSSR count). The van der Waals surface area contributed by atoms with Gasteiger partial charge >= 0.3 is 0 Å². The largest absolute Gasteiger partial charge is 0.371 e. The first-order valence-electron chi connectivity index (χ1n) is 10.9. The molecule has 0 aliphatic heterocycles. The summed E-state index contributed by atoms with van der Waals surface area (Å²) in [5.74, 6) is -0.308. The molecule has 1 unspecified atom stereocenters. The van der Waals surface area contributed by atoms with Gasteiger partial charge in [-0.15, -0.1) is 0 Å². The molecule has 1 atom stereocenters. The monoisotopic (exact) mass is 474 g/mol. The molecule has 2 aromatic heterocycles. The van der Waals surface area contributed by atoms with Gasteiger partial charge in [0.2, 0.25) is 0 Å². The zero-order chi connectivity index (χ0) is 24.9. The lowest BCUT2D eigenvalue weighted by Crippen LogP contribution is -2.23. The molecule has 35 heavy (non-hydrogen) atoms. The van der Waals surface area contributed by atoms with Crippen LogP contribution in [-0.4, -0.2) is 25.4 Å². The number of aromatic nitrogens is 3. The Kier molecular flexibility index (Phi) is 6.81. The fourth-order valence-corrected chi connectivity index (χ4v) is 3.66. The number of carbonyl (C=O) groups is 1. The van der Waals surface area contributed by atoms with Crippen molar-refractivity contribution in [3.8, 4) is 5.69 Å². The highest BCUT2D eigenvalue weighted by Gasteiger charge is 2.20. The molecule has 2 N–H and O–H groups in total. The number of carbonyl (C=O) groups excluding carboxylic acids is 1. The van der Waals surface area contributed by atoms with Crippen molar-refractivity contribution < 1.29 is 14.1 Å². The lowest BCUT2D eigenvalue weighted by Gasteiger charge is -2.15. The third-order valence-corrected chi connectivity index (χ3v) is 5.51. The molecule has 0 radical (unpaired) electrons. The Bertz CT molecular complexity index is 1370.